The maximum absolute atomic E-state index is 11.4. The average Bonchev–Trinajstić information content (AvgIpc) is 2.60. The van der Waals surface area contributed by atoms with E-state index in [2.05, 4.69) is 24.3 Å². The van der Waals surface area contributed by atoms with Gasteiger partial charge < -0.3 is 4.74 Å². The summed E-state index contributed by atoms with van der Waals surface area (Å²) in [5.74, 6) is -0.306. The molecule has 0 atom stereocenters. The van der Waals surface area contributed by atoms with Crippen molar-refractivity contribution < 1.29 is 22.1 Å². The molecule has 5 nitrogen and oxygen atoms in total. The van der Waals surface area contributed by atoms with E-state index in [0.717, 1.165) is 22.6 Å². The average molecular weight is 376 g/mol. The molecule has 0 aliphatic heterocycles. The van der Waals surface area contributed by atoms with Crippen molar-refractivity contribution in [3.8, 4) is 0 Å². The zero-order valence-corrected chi connectivity index (χ0v) is 15.9. The van der Waals surface area contributed by atoms with Crippen molar-refractivity contribution in [3.63, 3.8) is 0 Å². The molecule has 0 saturated heterocycles. The van der Waals surface area contributed by atoms with Gasteiger partial charge in [0.1, 0.15) is 6.61 Å². The molecule has 2 aromatic rings. The van der Waals surface area contributed by atoms with Gasteiger partial charge in [-0.05, 0) is 42.0 Å². The summed E-state index contributed by atoms with van der Waals surface area (Å²) >= 11 is 0. The van der Waals surface area contributed by atoms with E-state index >= 15 is 0 Å². The van der Waals surface area contributed by atoms with E-state index in [1.54, 1.807) is 0 Å². The Morgan fingerprint density at radius 3 is 2.42 bits per heavy atom. The van der Waals surface area contributed by atoms with Crippen molar-refractivity contribution in [1.82, 2.24) is 0 Å². The number of benzene rings is 2. The summed E-state index contributed by atoms with van der Waals surface area (Å²) in [4.78, 5) is 11.4. The van der Waals surface area contributed by atoms with Crippen LogP contribution >= 0.6 is 0 Å². The Hall–Kier alpha value is -1.92. The fraction of sp³-hybridized carbons (Fsp3) is 0.450. The lowest BCUT2D eigenvalue weighted by Gasteiger charge is -2.40. The van der Waals surface area contributed by atoms with Gasteiger partial charge in [-0.25, -0.2) is 0 Å². The van der Waals surface area contributed by atoms with E-state index in [1.165, 1.54) is 6.92 Å². The first-order chi connectivity index (χ1) is 12.3. The lowest BCUT2D eigenvalue weighted by molar-refractivity contribution is -0.143. The Bertz CT molecular complexity index is 890. The number of ether oxygens (including phenoxy) is 1. The zero-order chi connectivity index (χ0) is 18.8. The molecule has 0 amide bonds. The minimum absolute atomic E-state index is 0.294. The first-order valence-corrected chi connectivity index (χ1v) is 10.6. The molecule has 0 heterocycles. The van der Waals surface area contributed by atoms with E-state index in [9.17, 15) is 13.2 Å². The predicted octanol–water partition coefficient (Wildman–Crippen LogP) is 3.56. The Kier molecular flexibility index (Phi) is 5.34. The van der Waals surface area contributed by atoms with Crippen LogP contribution in [0.4, 0.5) is 0 Å². The number of hydrogen-bond donors (Lipinski definition) is 0. The van der Waals surface area contributed by atoms with Crippen LogP contribution in [0.3, 0.4) is 0 Å². The van der Waals surface area contributed by atoms with Gasteiger partial charge in [-0.2, -0.15) is 8.42 Å². The third-order valence-electron chi connectivity index (χ3n) is 5.11. The van der Waals surface area contributed by atoms with Gasteiger partial charge in [-0.15, -0.1) is 0 Å². The van der Waals surface area contributed by atoms with E-state index in [1.807, 2.05) is 18.2 Å². The van der Waals surface area contributed by atoms with Crippen molar-refractivity contribution in [2.24, 2.45) is 0 Å². The molecule has 0 spiro atoms. The van der Waals surface area contributed by atoms with Gasteiger partial charge in [0.15, 0.2) is 0 Å². The van der Waals surface area contributed by atoms with Crippen LogP contribution in [0.25, 0.3) is 10.8 Å². The molecule has 1 aliphatic carbocycles. The molecule has 26 heavy (non-hydrogen) atoms. The van der Waals surface area contributed by atoms with E-state index in [4.69, 9.17) is 8.92 Å². The van der Waals surface area contributed by atoms with Gasteiger partial charge in [0.25, 0.3) is 10.1 Å². The monoisotopic (exact) mass is 376 g/mol. The molecule has 1 aliphatic rings. The van der Waals surface area contributed by atoms with Crippen molar-refractivity contribution in [3.05, 3.63) is 48.0 Å². The molecular formula is C20H24O5S. The third-order valence-corrected chi connectivity index (χ3v) is 5.74. The van der Waals surface area contributed by atoms with Crippen molar-refractivity contribution in [2.45, 2.75) is 44.1 Å². The molecule has 2 aromatic carbocycles. The zero-order valence-electron chi connectivity index (χ0n) is 15.1. The quantitative estimate of drug-likeness (QED) is 0.589. The third kappa shape index (κ3) is 4.24. The SMILES string of the molecule is CC(=O)OC[C@]1(c2cccc3ccccc32)CC[C@H](OS(C)(=O)=O)CC1. The highest BCUT2D eigenvalue weighted by Gasteiger charge is 2.40. The van der Waals surface area contributed by atoms with Crippen LogP contribution in [-0.4, -0.2) is 33.4 Å². The van der Waals surface area contributed by atoms with Crippen molar-refractivity contribution in [1.29, 1.82) is 0 Å². The van der Waals surface area contributed by atoms with Gasteiger partial charge in [0.05, 0.1) is 12.4 Å². The smallest absolute Gasteiger partial charge is 0.302 e. The largest absolute Gasteiger partial charge is 0.465 e. The minimum atomic E-state index is -3.47. The van der Waals surface area contributed by atoms with Crippen LogP contribution in [0.15, 0.2) is 42.5 Å². The van der Waals surface area contributed by atoms with E-state index < -0.39 is 10.1 Å². The number of rotatable bonds is 5. The minimum Gasteiger partial charge on any atom is -0.465 e. The Labute approximate surface area is 154 Å². The topological polar surface area (TPSA) is 69.7 Å². The summed E-state index contributed by atoms with van der Waals surface area (Å²) in [5.41, 5.74) is 0.818. The lowest BCUT2D eigenvalue weighted by Crippen LogP contribution is -2.39. The van der Waals surface area contributed by atoms with Crippen LogP contribution in [-0.2, 0) is 29.2 Å². The number of fused-ring (bicyclic) bond motifs is 1. The number of hydrogen-bond acceptors (Lipinski definition) is 5. The maximum atomic E-state index is 11.4. The molecule has 0 aromatic heterocycles. The van der Waals surface area contributed by atoms with Crippen LogP contribution < -0.4 is 0 Å². The Morgan fingerprint density at radius 1 is 1.12 bits per heavy atom. The van der Waals surface area contributed by atoms with Crippen LogP contribution in [0.2, 0.25) is 0 Å². The molecule has 1 saturated carbocycles. The molecule has 1 fully saturated rings. The van der Waals surface area contributed by atoms with Crippen molar-refractivity contribution in [2.75, 3.05) is 12.9 Å². The molecule has 0 radical (unpaired) electrons. The van der Waals surface area contributed by atoms with Gasteiger partial charge >= 0.3 is 5.97 Å². The predicted molar refractivity (Wildman–Crippen MR) is 100 cm³/mol. The second-order valence-corrected chi connectivity index (χ2v) is 8.69. The molecular weight excluding hydrogens is 352 g/mol. The van der Waals surface area contributed by atoms with E-state index in [0.29, 0.717) is 32.3 Å². The Morgan fingerprint density at radius 2 is 1.77 bits per heavy atom. The fourth-order valence-electron chi connectivity index (χ4n) is 3.91. The summed E-state index contributed by atoms with van der Waals surface area (Å²) in [5, 5.41) is 2.28. The van der Waals surface area contributed by atoms with Gasteiger partial charge in [0, 0.05) is 12.3 Å². The van der Waals surface area contributed by atoms with Crippen LogP contribution in [0.1, 0.15) is 38.2 Å². The first kappa shape index (κ1) is 18.9. The summed E-state index contributed by atoms with van der Waals surface area (Å²) in [6.07, 6.45) is 3.39. The van der Waals surface area contributed by atoms with Gasteiger partial charge in [-0.1, -0.05) is 42.5 Å². The van der Waals surface area contributed by atoms with Gasteiger partial charge in [-0.3, -0.25) is 8.98 Å². The summed E-state index contributed by atoms with van der Waals surface area (Å²) < 4.78 is 33.5. The second kappa shape index (κ2) is 7.37. The van der Waals surface area contributed by atoms with E-state index in [-0.39, 0.29) is 17.5 Å². The summed E-state index contributed by atoms with van der Waals surface area (Å²) in [6.45, 7) is 1.71. The first-order valence-electron chi connectivity index (χ1n) is 8.79. The van der Waals surface area contributed by atoms with Crippen molar-refractivity contribution >= 4 is 26.9 Å². The highest BCUT2D eigenvalue weighted by Crippen LogP contribution is 2.43. The summed E-state index contributed by atoms with van der Waals surface area (Å²) in [6, 6.07) is 14.3. The van der Waals surface area contributed by atoms with Gasteiger partial charge in [0.2, 0.25) is 0 Å². The second-order valence-electron chi connectivity index (χ2n) is 7.09. The highest BCUT2D eigenvalue weighted by molar-refractivity contribution is 7.86. The standard InChI is InChI=1S/C20H24O5S/c1-15(21)24-14-20(12-10-17(11-13-20)25-26(2,22)23)19-9-5-7-16-6-3-4-8-18(16)19/h3-9,17H,10-14H2,1-2H3/t17-,20-. The lowest BCUT2D eigenvalue weighted by atomic mass is 9.68. The normalized spacial score (nSPS) is 23.7. The van der Waals surface area contributed by atoms with Crippen LogP contribution in [0.5, 0.6) is 0 Å². The number of carbonyl (C=O) groups is 1. The molecule has 0 unspecified atom stereocenters. The Balaban J connectivity index is 1.94. The fourth-order valence-corrected chi connectivity index (χ4v) is 4.59. The molecule has 0 bridgehead atoms. The number of esters is 1. The molecule has 0 N–H and O–H groups in total. The molecule has 6 heteroatoms. The molecule has 3 rings (SSSR count). The molecule has 140 valence electrons. The highest BCUT2D eigenvalue weighted by atomic mass is 32.2. The number of carbonyl (C=O) groups excluding carboxylic acids is 1. The summed E-state index contributed by atoms with van der Waals surface area (Å²) in [7, 11) is -3.47. The van der Waals surface area contributed by atoms with Crippen LogP contribution in [0, 0.1) is 0 Å². The maximum Gasteiger partial charge on any atom is 0.302 e.